The number of carbonyl (C=O) groups is 1. The van der Waals surface area contributed by atoms with E-state index in [0.717, 1.165) is 10.8 Å². The van der Waals surface area contributed by atoms with Crippen molar-refractivity contribution in [1.82, 2.24) is 0 Å². The van der Waals surface area contributed by atoms with Crippen molar-refractivity contribution in [1.29, 1.82) is 0 Å². The summed E-state index contributed by atoms with van der Waals surface area (Å²) in [5.74, 6) is -1.14. The molecule has 0 aromatic heterocycles. The normalized spacial score (nSPS) is 25.6. The number of hydrogen-bond donors (Lipinski definition) is 3. The molecule has 3 N–H and O–H groups in total. The molecule has 0 saturated carbocycles. The summed E-state index contributed by atoms with van der Waals surface area (Å²) in [5, 5.41) is 31.3. The van der Waals surface area contributed by atoms with Gasteiger partial charge in [0.2, 0.25) is 0 Å². The van der Waals surface area contributed by atoms with Gasteiger partial charge in [-0.2, -0.15) is 0 Å². The number of hydrogen-bond acceptors (Lipinski definition) is 3. The molecule has 3 rings (SSSR count). The SMILES string of the molecule is O=C(O)CC1(O)c2cccc3cccc(c23)C1O. The van der Waals surface area contributed by atoms with Gasteiger partial charge in [0.15, 0.2) is 0 Å². The third-order valence-electron chi connectivity index (χ3n) is 3.57. The molecule has 18 heavy (non-hydrogen) atoms. The second-order valence-electron chi connectivity index (χ2n) is 4.65. The Morgan fingerprint density at radius 2 is 1.89 bits per heavy atom. The van der Waals surface area contributed by atoms with E-state index >= 15 is 0 Å². The van der Waals surface area contributed by atoms with Crippen molar-refractivity contribution in [2.45, 2.75) is 18.1 Å². The molecule has 2 aromatic rings. The molecule has 1 aliphatic rings. The fourth-order valence-corrected chi connectivity index (χ4v) is 2.79. The van der Waals surface area contributed by atoms with Crippen molar-refractivity contribution in [3.63, 3.8) is 0 Å². The summed E-state index contributed by atoms with van der Waals surface area (Å²) in [6, 6.07) is 10.7. The van der Waals surface area contributed by atoms with Gasteiger partial charge in [0, 0.05) is 0 Å². The van der Waals surface area contributed by atoms with E-state index in [-0.39, 0.29) is 0 Å². The summed E-state index contributed by atoms with van der Waals surface area (Å²) in [4.78, 5) is 10.9. The maximum absolute atomic E-state index is 10.9. The summed E-state index contributed by atoms with van der Waals surface area (Å²) in [5.41, 5.74) is -0.660. The van der Waals surface area contributed by atoms with Gasteiger partial charge in [-0.05, 0) is 21.9 Å². The molecular formula is C14H12O4. The highest BCUT2D eigenvalue weighted by Gasteiger charge is 2.47. The Hall–Kier alpha value is -1.91. The molecule has 0 spiro atoms. The van der Waals surface area contributed by atoms with E-state index in [1.165, 1.54) is 0 Å². The second kappa shape index (κ2) is 3.54. The molecule has 0 fully saturated rings. The highest BCUT2D eigenvalue weighted by atomic mass is 16.4. The van der Waals surface area contributed by atoms with Gasteiger partial charge in [0.25, 0.3) is 0 Å². The lowest BCUT2D eigenvalue weighted by Gasteiger charge is -2.26. The van der Waals surface area contributed by atoms with Gasteiger partial charge >= 0.3 is 5.97 Å². The lowest BCUT2D eigenvalue weighted by molar-refractivity contribution is -0.150. The molecule has 0 radical (unpaired) electrons. The van der Waals surface area contributed by atoms with Crippen LogP contribution in [0.25, 0.3) is 10.8 Å². The third-order valence-corrected chi connectivity index (χ3v) is 3.57. The van der Waals surface area contributed by atoms with E-state index in [1.807, 2.05) is 12.1 Å². The lowest BCUT2D eigenvalue weighted by Crippen LogP contribution is -2.32. The van der Waals surface area contributed by atoms with Gasteiger partial charge in [0.1, 0.15) is 11.7 Å². The molecule has 92 valence electrons. The molecule has 0 amide bonds. The van der Waals surface area contributed by atoms with Gasteiger partial charge in [-0.25, -0.2) is 0 Å². The smallest absolute Gasteiger partial charge is 0.306 e. The van der Waals surface area contributed by atoms with Crippen LogP contribution in [-0.2, 0) is 10.4 Å². The van der Waals surface area contributed by atoms with Gasteiger partial charge in [-0.3, -0.25) is 4.79 Å². The van der Waals surface area contributed by atoms with Crippen LogP contribution < -0.4 is 0 Å². The topological polar surface area (TPSA) is 77.8 Å². The summed E-state index contributed by atoms with van der Waals surface area (Å²) in [7, 11) is 0. The van der Waals surface area contributed by atoms with E-state index in [0.29, 0.717) is 11.1 Å². The van der Waals surface area contributed by atoms with Gasteiger partial charge in [-0.1, -0.05) is 36.4 Å². The molecule has 2 atom stereocenters. The monoisotopic (exact) mass is 244 g/mol. The quantitative estimate of drug-likeness (QED) is 0.749. The highest BCUT2D eigenvalue weighted by Crippen LogP contribution is 2.49. The zero-order valence-electron chi connectivity index (χ0n) is 9.50. The van der Waals surface area contributed by atoms with Crippen LogP contribution in [0.4, 0.5) is 0 Å². The summed E-state index contributed by atoms with van der Waals surface area (Å²) in [6.07, 6.45) is -1.71. The minimum atomic E-state index is -1.74. The van der Waals surface area contributed by atoms with Crippen LogP contribution in [0.5, 0.6) is 0 Å². The number of rotatable bonds is 2. The zero-order chi connectivity index (χ0) is 12.9. The molecule has 1 aliphatic carbocycles. The average molecular weight is 244 g/mol. The Kier molecular flexibility index (Phi) is 2.20. The lowest BCUT2D eigenvalue weighted by atomic mass is 9.89. The molecule has 0 heterocycles. The van der Waals surface area contributed by atoms with Crippen molar-refractivity contribution in [2.75, 3.05) is 0 Å². The van der Waals surface area contributed by atoms with Crippen LogP contribution in [-0.4, -0.2) is 21.3 Å². The number of aliphatic hydroxyl groups is 2. The van der Waals surface area contributed by atoms with E-state index in [2.05, 4.69) is 0 Å². The Bertz CT molecular complexity index is 644. The van der Waals surface area contributed by atoms with Gasteiger partial charge in [0.05, 0.1) is 6.42 Å². The maximum atomic E-state index is 10.9. The van der Waals surface area contributed by atoms with Crippen molar-refractivity contribution >= 4 is 16.7 Å². The first-order valence-corrected chi connectivity index (χ1v) is 5.68. The first-order chi connectivity index (χ1) is 8.54. The van der Waals surface area contributed by atoms with E-state index in [4.69, 9.17) is 5.11 Å². The average Bonchev–Trinajstić information content (AvgIpc) is 2.54. The Morgan fingerprint density at radius 1 is 1.22 bits per heavy atom. The van der Waals surface area contributed by atoms with Crippen LogP contribution in [0.1, 0.15) is 23.7 Å². The molecule has 0 bridgehead atoms. The maximum Gasteiger partial charge on any atom is 0.306 e. The number of benzene rings is 2. The zero-order valence-corrected chi connectivity index (χ0v) is 9.50. The van der Waals surface area contributed by atoms with Crippen LogP contribution in [0.15, 0.2) is 36.4 Å². The van der Waals surface area contributed by atoms with Crippen molar-refractivity contribution in [3.05, 3.63) is 47.5 Å². The van der Waals surface area contributed by atoms with Crippen LogP contribution in [0.2, 0.25) is 0 Å². The summed E-state index contributed by atoms with van der Waals surface area (Å²) < 4.78 is 0. The van der Waals surface area contributed by atoms with Gasteiger partial charge < -0.3 is 15.3 Å². The van der Waals surface area contributed by atoms with Crippen LogP contribution in [0.3, 0.4) is 0 Å². The van der Waals surface area contributed by atoms with E-state index in [1.54, 1.807) is 24.3 Å². The Labute approximate surface area is 103 Å². The summed E-state index contributed by atoms with van der Waals surface area (Å²) >= 11 is 0. The second-order valence-corrected chi connectivity index (χ2v) is 4.65. The van der Waals surface area contributed by atoms with E-state index in [9.17, 15) is 15.0 Å². The molecule has 2 unspecified atom stereocenters. The molecule has 0 aliphatic heterocycles. The number of aliphatic hydroxyl groups excluding tert-OH is 1. The molecule has 4 nitrogen and oxygen atoms in total. The number of carboxylic acid groups (broad SMARTS) is 1. The first kappa shape index (κ1) is 11.2. The highest BCUT2D eigenvalue weighted by molar-refractivity contribution is 5.93. The largest absolute Gasteiger partial charge is 0.481 e. The molecule has 2 aromatic carbocycles. The standard InChI is InChI=1S/C14H12O4/c15-11(16)7-14(18)10-6-2-4-8-3-1-5-9(12(8)10)13(14)17/h1-6,13,17-18H,7H2,(H,15,16). The van der Waals surface area contributed by atoms with Crippen LogP contribution in [0, 0.1) is 0 Å². The van der Waals surface area contributed by atoms with Gasteiger partial charge in [-0.15, -0.1) is 0 Å². The Morgan fingerprint density at radius 3 is 2.56 bits per heavy atom. The van der Waals surface area contributed by atoms with Crippen molar-refractivity contribution in [3.8, 4) is 0 Å². The van der Waals surface area contributed by atoms with Crippen molar-refractivity contribution < 1.29 is 20.1 Å². The van der Waals surface area contributed by atoms with Crippen LogP contribution >= 0.6 is 0 Å². The summed E-state index contributed by atoms with van der Waals surface area (Å²) in [6.45, 7) is 0. The number of carboxylic acids is 1. The number of aliphatic carboxylic acids is 1. The predicted molar refractivity (Wildman–Crippen MR) is 65.1 cm³/mol. The Balaban J connectivity index is 2.31. The minimum absolute atomic E-state index is 0.491. The molecular weight excluding hydrogens is 232 g/mol. The third kappa shape index (κ3) is 1.30. The van der Waals surface area contributed by atoms with Crippen molar-refractivity contribution in [2.24, 2.45) is 0 Å². The fourth-order valence-electron chi connectivity index (χ4n) is 2.79. The predicted octanol–water partition coefficient (Wildman–Crippen LogP) is 1.55. The van der Waals surface area contributed by atoms with E-state index < -0.39 is 24.1 Å². The fraction of sp³-hybridized carbons (Fsp3) is 0.214. The first-order valence-electron chi connectivity index (χ1n) is 5.68. The molecule has 0 saturated heterocycles. The molecule has 4 heteroatoms. The minimum Gasteiger partial charge on any atom is -0.481 e.